The van der Waals surface area contributed by atoms with Gasteiger partial charge in [0.25, 0.3) is 5.91 Å². The molecule has 11 nitrogen and oxygen atoms in total. The molecule has 3 aromatic rings. The van der Waals surface area contributed by atoms with E-state index < -0.39 is 40.5 Å². The second-order valence-electron chi connectivity index (χ2n) is 10.5. The third kappa shape index (κ3) is 9.24. The normalized spacial score (nSPS) is 14.6. The number of ether oxygens (including phenoxy) is 1. The fourth-order valence-electron chi connectivity index (χ4n) is 5.00. The first-order valence-corrected chi connectivity index (χ1v) is 15.9. The van der Waals surface area contributed by atoms with Crippen molar-refractivity contribution in [2.45, 2.75) is 50.7 Å². The summed E-state index contributed by atoms with van der Waals surface area (Å²) in [6.07, 6.45) is 6.16. The molecule has 230 valence electrons. The fraction of sp³-hybridized carbons (Fsp3) is 0.387. The molecule has 12 heteroatoms. The van der Waals surface area contributed by atoms with Crippen LogP contribution in [-0.2, 0) is 16.4 Å². The van der Waals surface area contributed by atoms with Gasteiger partial charge in [-0.1, -0.05) is 42.8 Å². The zero-order valence-electron chi connectivity index (χ0n) is 23.8. The summed E-state index contributed by atoms with van der Waals surface area (Å²) >= 11 is 0. The first-order valence-electron chi connectivity index (χ1n) is 14.3. The van der Waals surface area contributed by atoms with E-state index >= 15 is 0 Å². The fourth-order valence-corrected chi connectivity index (χ4v) is 5.73. The van der Waals surface area contributed by atoms with E-state index in [2.05, 4.69) is 4.98 Å². The molecule has 1 aliphatic carbocycles. The molecule has 0 bridgehead atoms. The quantitative estimate of drug-likeness (QED) is 0.225. The van der Waals surface area contributed by atoms with Crippen LogP contribution in [-0.4, -0.2) is 77.2 Å². The van der Waals surface area contributed by atoms with Crippen LogP contribution in [0.5, 0.6) is 5.75 Å². The highest BCUT2D eigenvalue weighted by Crippen LogP contribution is 2.31. The van der Waals surface area contributed by atoms with Gasteiger partial charge in [0.15, 0.2) is 0 Å². The number of nitrogens with zero attached hydrogens (tertiary/aromatic N) is 2. The van der Waals surface area contributed by atoms with Crippen molar-refractivity contribution in [3.05, 3.63) is 83.7 Å². The Kier molecular flexibility index (Phi) is 11.1. The molecular formula is C31H37N3O8S. The topological polar surface area (TPSA) is 166 Å². The molecule has 4 rings (SSSR count). The summed E-state index contributed by atoms with van der Waals surface area (Å²) in [5.74, 6) is -1.12. The molecule has 0 spiro atoms. The van der Waals surface area contributed by atoms with Crippen molar-refractivity contribution in [3.8, 4) is 16.9 Å². The van der Waals surface area contributed by atoms with Gasteiger partial charge < -0.3 is 25.0 Å². The molecule has 1 saturated carbocycles. The number of nitrogens with one attached hydrogen (secondary N) is 1. The lowest BCUT2D eigenvalue weighted by atomic mass is 9.97. The van der Waals surface area contributed by atoms with Gasteiger partial charge in [-0.15, -0.1) is 0 Å². The maximum absolute atomic E-state index is 12.9. The number of rotatable bonds is 13. The molecule has 2 amide bonds. The summed E-state index contributed by atoms with van der Waals surface area (Å²) in [6.45, 7) is -0.497. The van der Waals surface area contributed by atoms with E-state index in [0.29, 0.717) is 12.0 Å². The van der Waals surface area contributed by atoms with Gasteiger partial charge in [-0.2, -0.15) is 0 Å². The van der Waals surface area contributed by atoms with Crippen molar-refractivity contribution >= 4 is 22.0 Å². The molecule has 1 atom stereocenters. The summed E-state index contributed by atoms with van der Waals surface area (Å²) < 4.78 is 32.4. The monoisotopic (exact) mass is 611 g/mol. The largest absolute Gasteiger partial charge is 0.490 e. The molecule has 1 aromatic heterocycles. The second kappa shape index (κ2) is 14.9. The zero-order valence-corrected chi connectivity index (χ0v) is 24.6. The summed E-state index contributed by atoms with van der Waals surface area (Å²) in [5, 5.41) is 29.1. The van der Waals surface area contributed by atoms with E-state index in [1.165, 1.54) is 17.2 Å². The smallest absolute Gasteiger partial charge is 0.407 e. The summed E-state index contributed by atoms with van der Waals surface area (Å²) in [7, 11) is -4.00. The van der Waals surface area contributed by atoms with Crippen molar-refractivity contribution in [1.82, 2.24) is 14.6 Å². The molecule has 0 saturated heterocycles. The van der Waals surface area contributed by atoms with E-state index in [1.807, 2.05) is 29.0 Å². The molecule has 1 fully saturated rings. The van der Waals surface area contributed by atoms with Crippen LogP contribution in [0.3, 0.4) is 0 Å². The minimum absolute atomic E-state index is 0.0793. The number of hydrogen-bond donors (Lipinski definition) is 4. The number of hydrogen-bond acceptors (Lipinski definition) is 8. The summed E-state index contributed by atoms with van der Waals surface area (Å²) in [4.78, 5) is 29.8. The van der Waals surface area contributed by atoms with Gasteiger partial charge in [-0.05, 0) is 67.0 Å². The van der Waals surface area contributed by atoms with E-state index in [-0.39, 0.29) is 30.5 Å². The number of sulfonamides is 1. The van der Waals surface area contributed by atoms with Gasteiger partial charge in [0, 0.05) is 24.5 Å². The Labute approximate surface area is 251 Å². The van der Waals surface area contributed by atoms with Crippen molar-refractivity contribution in [3.63, 3.8) is 0 Å². The summed E-state index contributed by atoms with van der Waals surface area (Å²) in [5.41, 5.74) is 3.13. The van der Waals surface area contributed by atoms with E-state index in [1.54, 1.807) is 30.5 Å². The predicted octanol–water partition coefficient (Wildman–Crippen LogP) is 3.77. The van der Waals surface area contributed by atoms with Gasteiger partial charge >= 0.3 is 6.09 Å². The molecular weight excluding hydrogens is 574 g/mol. The van der Waals surface area contributed by atoms with Crippen LogP contribution in [0.2, 0.25) is 0 Å². The van der Waals surface area contributed by atoms with Crippen molar-refractivity contribution < 1.29 is 38.1 Å². The highest BCUT2D eigenvalue weighted by Gasteiger charge is 2.23. The summed E-state index contributed by atoms with van der Waals surface area (Å²) in [6, 6.07) is 15.9. The number of carbonyl (C=O) groups excluding carboxylic acids is 1. The minimum atomic E-state index is -4.00. The lowest BCUT2D eigenvalue weighted by molar-refractivity contribution is 0.0966. The Morgan fingerprint density at radius 2 is 1.77 bits per heavy atom. The van der Waals surface area contributed by atoms with E-state index in [9.17, 15) is 28.2 Å². The molecule has 1 aliphatic rings. The average Bonchev–Trinajstić information content (AvgIpc) is 3.00. The van der Waals surface area contributed by atoms with E-state index in [0.717, 1.165) is 48.8 Å². The third-order valence-electron chi connectivity index (χ3n) is 7.37. The Hall–Kier alpha value is -4.00. The molecule has 2 aromatic carbocycles. The van der Waals surface area contributed by atoms with Crippen LogP contribution in [0.4, 0.5) is 4.79 Å². The van der Waals surface area contributed by atoms with Crippen LogP contribution < -0.4 is 9.46 Å². The Balaban J connectivity index is 1.48. The number of benzene rings is 2. The van der Waals surface area contributed by atoms with Crippen LogP contribution >= 0.6 is 0 Å². The number of aliphatic hydroxyl groups is 2. The molecule has 43 heavy (non-hydrogen) atoms. The average molecular weight is 612 g/mol. The number of carboxylic acid groups (broad SMARTS) is 1. The third-order valence-corrected chi connectivity index (χ3v) is 8.59. The van der Waals surface area contributed by atoms with E-state index in [4.69, 9.17) is 9.84 Å². The SMILES string of the molecule is O=C(NS(=O)(=O)CCO)c1ccc(-c2ccc(CCN(C[C@H](O)c3cccnc3)C(=O)O)cc2)cc1OC1CCCCC1. The number of carbonyl (C=O) groups is 2. The minimum Gasteiger partial charge on any atom is -0.490 e. The Morgan fingerprint density at radius 3 is 2.42 bits per heavy atom. The zero-order chi connectivity index (χ0) is 30.8. The lowest BCUT2D eigenvalue weighted by Crippen LogP contribution is -2.35. The van der Waals surface area contributed by atoms with Crippen molar-refractivity contribution in [2.75, 3.05) is 25.4 Å². The Morgan fingerprint density at radius 1 is 1.05 bits per heavy atom. The van der Waals surface area contributed by atoms with Gasteiger partial charge in [-0.25, -0.2) is 17.9 Å². The van der Waals surface area contributed by atoms with Gasteiger partial charge in [0.2, 0.25) is 10.0 Å². The van der Waals surface area contributed by atoms with Crippen molar-refractivity contribution in [2.24, 2.45) is 0 Å². The number of aromatic nitrogens is 1. The van der Waals surface area contributed by atoms with Crippen LogP contribution in [0.1, 0.15) is 59.7 Å². The molecule has 4 N–H and O–H groups in total. The molecule has 1 heterocycles. The van der Waals surface area contributed by atoms with Crippen LogP contribution in [0.25, 0.3) is 11.1 Å². The maximum Gasteiger partial charge on any atom is 0.407 e. The first-order chi connectivity index (χ1) is 20.6. The standard InChI is InChI=1S/C31H37N3O8S/c35-17-18-43(40,41)33-30(37)27-13-12-24(19-29(27)42-26-6-2-1-3-7-26)23-10-8-22(9-11-23)14-16-34(31(38)39)21-28(36)25-5-4-15-32-20-25/h4-5,8-13,15,19-20,26,28,35-36H,1-3,6-7,14,16-18,21H2,(H,33,37)(H,38,39)/t28-/m0/s1. The van der Waals surface area contributed by atoms with Crippen LogP contribution in [0.15, 0.2) is 67.0 Å². The molecule has 0 radical (unpaired) electrons. The number of amides is 2. The highest BCUT2D eigenvalue weighted by atomic mass is 32.2. The molecule has 0 aliphatic heterocycles. The second-order valence-corrected chi connectivity index (χ2v) is 12.4. The van der Waals surface area contributed by atoms with Gasteiger partial charge in [-0.3, -0.25) is 9.78 Å². The van der Waals surface area contributed by atoms with Gasteiger partial charge in [0.05, 0.1) is 36.7 Å². The number of pyridine rings is 1. The highest BCUT2D eigenvalue weighted by molar-refractivity contribution is 7.90. The van der Waals surface area contributed by atoms with Crippen molar-refractivity contribution in [1.29, 1.82) is 0 Å². The predicted molar refractivity (Wildman–Crippen MR) is 160 cm³/mol. The van der Waals surface area contributed by atoms with Crippen LogP contribution in [0, 0.1) is 0 Å². The Bertz CT molecular complexity index is 1480. The maximum atomic E-state index is 12.9. The van der Waals surface area contributed by atoms with Gasteiger partial charge in [0.1, 0.15) is 5.75 Å². The number of aliphatic hydroxyl groups excluding tert-OH is 2. The lowest BCUT2D eigenvalue weighted by Gasteiger charge is -2.24. The molecule has 0 unspecified atom stereocenters. The first kappa shape index (κ1) is 31.9.